The Morgan fingerprint density at radius 2 is 1.33 bits per heavy atom. The molecule has 1 aliphatic rings. The topological polar surface area (TPSA) is 26.0 Å². The molecule has 0 radical (unpaired) electrons. The lowest BCUT2D eigenvalue weighted by Crippen LogP contribution is -2.37. The van der Waals surface area contributed by atoms with E-state index in [0.29, 0.717) is 11.3 Å². The first-order valence-electron chi connectivity index (χ1n) is 8.51. The minimum Gasteiger partial charge on any atom is -0.324 e. The Morgan fingerprint density at radius 1 is 0.857 bits per heavy atom. The van der Waals surface area contributed by atoms with Gasteiger partial charge < -0.3 is 5.73 Å². The number of benzene rings is 1. The lowest BCUT2D eigenvalue weighted by atomic mass is 9.64. The first kappa shape index (κ1) is 16.5. The molecule has 2 N–H and O–H groups in total. The van der Waals surface area contributed by atoms with E-state index in [2.05, 4.69) is 48.5 Å². The first-order chi connectivity index (χ1) is 9.68. The van der Waals surface area contributed by atoms with E-state index < -0.39 is 0 Å². The normalized spacial score (nSPS) is 23.1. The molecular weight excluding hydrogens is 254 g/mol. The smallest absolute Gasteiger partial charge is 0.0334 e. The zero-order valence-electron chi connectivity index (χ0n) is 15.1. The van der Waals surface area contributed by atoms with E-state index in [9.17, 15) is 0 Å². The molecule has 0 spiro atoms. The summed E-state index contributed by atoms with van der Waals surface area (Å²) in [5, 5.41) is 0. The third-order valence-corrected chi connectivity index (χ3v) is 6.41. The SMILES string of the molecule is Cc1c(C)c(C)c(C(N)C2CCCCC2(C)C)c(C)c1C. The highest BCUT2D eigenvalue weighted by atomic mass is 14.7. The van der Waals surface area contributed by atoms with Crippen LogP contribution in [0.15, 0.2) is 0 Å². The molecule has 1 aromatic rings. The van der Waals surface area contributed by atoms with Gasteiger partial charge in [-0.05, 0) is 92.2 Å². The maximum absolute atomic E-state index is 6.83. The van der Waals surface area contributed by atoms with Gasteiger partial charge in [0.2, 0.25) is 0 Å². The fourth-order valence-electron chi connectivity index (χ4n) is 4.42. The Bertz CT molecular complexity index is 510. The Morgan fingerprint density at radius 3 is 1.81 bits per heavy atom. The molecule has 1 aromatic carbocycles. The van der Waals surface area contributed by atoms with Crippen molar-refractivity contribution in [1.82, 2.24) is 0 Å². The van der Waals surface area contributed by atoms with E-state index in [-0.39, 0.29) is 6.04 Å². The predicted molar refractivity (Wildman–Crippen MR) is 92.8 cm³/mol. The zero-order chi connectivity index (χ0) is 15.9. The van der Waals surface area contributed by atoms with Gasteiger partial charge in [0.15, 0.2) is 0 Å². The molecule has 21 heavy (non-hydrogen) atoms. The largest absolute Gasteiger partial charge is 0.324 e. The van der Waals surface area contributed by atoms with Crippen LogP contribution in [0.3, 0.4) is 0 Å². The molecule has 0 saturated heterocycles. The number of nitrogens with two attached hydrogens (primary N) is 1. The summed E-state index contributed by atoms with van der Waals surface area (Å²) in [4.78, 5) is 0. The van der Waals surface area contributed by atoms with Gasteiger partial charge in [-0.25, -0.2) is 0 Å². The molecule has 1 heteroatoms. The van der Waals surface area contributed by atoms with Crippen LogP contribution in [0.2, 0.25) is 0 Å². The summed E-state index contributed by atoms with van der Waals surface area (Å²) in [6.45, 7) is 16.1. The van der Waals surface area contributed by atoms with Gasteiger partial charge in [-0.1, -0.05) is 26.7 Å². The minimum atomic E-state index is 0.179. The third kappa shape index (κ3) is 2.77. The van der Waals surface area contributed by atoms with E-state index in [1.165, 1.54) is 59.1 Å². The Hall–Kier alpha value is -0.820. The number of rotatable bonds is 2. The van der Waals surface area contributed by atoms with E-state index in [0.717, 1.165) is 0 Å². The highest BCUT2D eigenvalue weighted by Gasteiger charge is 2.37. The van der Waals surface area contributed by atoms with Gasteiger partial charge in [0, 0.05) is 6.04 Å². The van der Waals surface area contributed by atoms with Crippen molar-refractivity contribution in [2.45, 2.75) is 80.2 Å². The van der Waals surface area contributed by atoms with Gasteiger partial charge in [0.25, 0.3) is 0 Å². The summed E-state index contributed by atoms with van der Waals surface area (Å²) >= 11 is 0. The average Bonchev–Trinajstić information content (AvgIpc) is 2.42. The van der Waals surface area contributed by atoms with Crippen LogP contribution in [0, 0.1) is 46.0 Å². The van der Waals surface area contributed by atoms with Crippen LogP contribution in [-0.2, 0) is 0 Å². The lowest BCUT2D eigenvalue weighted by Gasteiger charge is -2.43. The fraction of sp³-hybridized carbons (Fsp3) is 0.700. The third-order valence-electron chi connectivity index (χ3n) is 6.41. The molecule has 2 rings (SSSR count). The van der Waals surface area contributed by atoms with Crippen molar-refractivity contribution >= 4 is 0 Å². The molecule has 0 aliphatic heterocycles. The van der Waals surface area contributed by atoms with Gasteiger partial charge in [-0.15, -0.1) is 0 Å². The van der Waals surface area contributed by atoms with Crippen molar-refractivity contribution in [3.8, 4) is 0 Å². The van der Waals surface area contributed by atoms with Crippen LogP contribution in [0.4, 0.5) is 0 Å². The van der Waals surface area contributed by atoms with Crippen molar-refractivity contribution in [3.05, 3.63) is 33.4 Å². The molecule has 0 bridgehead atoms. The molecule has 1 saturated carbocycles. The Labute approximate surface area is 131 Å². The molecule has 1 fully saturated rings. The number of hydrogen-bond donors (Lipinski definition) is 1. The second-order valence-corrected chi connectivity index (χ2v) is 7.91. The van der Waals surface area contributed by atoms with Gasteiger partial charge in [-0.3, -0.25) is 0 Å². The van der Waals surface area contributed by atoms with E-state index >= 15 is 0 Å². The van der Waals surface area contributed by atoms with Crippen LogP contribution in [0.1, 0.15) is 79.0 Å². The second kappa shape index (κ2) is 5.76. The van der Waals surface area contributed by atoms with Crippen LogP contribution < -0.4 is 5.73 Å². The summed E-state index contributed by atoms with van der Waals surface area (Å²) in [5.74, 6) is 0.602. The first-order valence-corrected chi connectivity index (χ1v) is 8.51. The van der Waals surface area contributed by atoms with Gasteiger partial charge in [0.05, 0.1) is 0 Å². The van der Waals surface area contributed by atoms with Crippen molar-refractivity contribution in [2.75, 3.05) is 0 Å². The van der Waals surface area contributed by atoms with Gasteiger partial charge in [0.1, 0.15) is 0 Å². The van der Waals surface area contributed by atoms with Crippen molar-refractivity contribution in [1.29, 1.82) is 0 Å². The van der Waals surface area contributed by atoms with Crippen LogP contribution in [0.5, 0.6) is 0 Å². The highest BCUT2D eigenvalue weighted by molar-refractivity contribution is 5.50. The number of hydrogen-bond acceptors (Lipinski definition) is 1. The van der Waals surface area contributed by atoms with Crippen molar-refractivity contribution < 1.29 is 0 Å². The Kier molecular flexibility index (Phi) is 4.54. The van der Waals surface area contributed by atoms with Crippen molar-refractivity contribution in [2.24, 2.45) is 17.1 Å². The molecule has 0 heterocycles. The molecule has 118 valence electrons. The maximum Gasteiger partial charge on any atom is 0.0334 e. The zero-order valence-corrected chi connectivity index (χ0v) is 15.1. The van der Waals surface area contributed by atoms with Gasteiger partial charge >= 0.3 is 0 Å². The highest BCUT2D eigenvalue weighted by Crippen LogP contribution is 2.47. The molecule has 0 aromatic heterocycles. The van der Waals surface area contributed by atoms with Gasteiger partial charge in [-0.2, -0.15) is 0 Å². The quantitative estimate of drug-likeness (QED) is 0.769. The molecule has 2 atom stereocenters. The summed E-state index contributed by atoms with van der Waals surface area (Å²) in [6, 6.07) is 0.179. The summed E-state index contributed by atoms with van der Waals surface area (Å²) < 4.78 is 0. The van der Waals surface area contributed by atoms with Crippen LogP contribution in [0.25, 0.3) is 0 Å². The minimum absolute atomic E-state index is 0.179. The van der Waals surface area contributed by atoms with E-state index in [1.807, 2.05) is 0 Å². The van der Waals surface area contributed by atoms with E-state index in [1.54, 1.807) is 0 Å². The van der Waals surface area contributed by atoms with Crippen LogP contribution >= 0.6 is 0 Å². The molecule has 1 aliphatic carbocycles. The Balaban J connectivity index is 2.51. The predicted octanol–water partition coefficient (Wildman–Crippen LogP) is 5.44. The lowest BCUT2D eigenvalue weighted by molar-refractivity contribution is 0.112. The van der Waals surface area contributed by atoms with Crippen LogP contribution in [-0.4, -0.2) is 0 Å². The molecule has 2 unspecified atom stereocenters. The molecule has 0 amide bonds. The summed E-state index contributed by atoms with van der Waals surface area (Å²) in [7, 11) is 0. The summed E-state index contributed by atoms with van der Waals surface area (Å²) in [5.41, 5.74) is 15.8. The van der Waals surface area contributed by atoms with E-state index in [4.69, 9.17) is 5.73 Å². The maximum atomic E-state index is 6.83. The molecular formula is C20H33N. The summed E-state index contributed by atoms with van der Waals surface area (Å²) in [6.07, 6.45) is 5.29. The fourth-order valence-corrected chi connectivity index (χ4v) is 4.42. The monoisotopic (exact) mass is 287 g/mol. The molecule has 1 nitrogen and oxygen atoms in total. The second-order valence-electron chi connectivity index (χ2n) is 7.91. The standard InChI is InChI=1S/C20H33N/c1-12-13(2)15(4)18(16(5)14(12)3)19(21)17-10-8-9-11-20(17,6)7/h17,19H,8-11,21H2,1-7H3. The van der Waals surface area contributed by atoms with Crippen molar-refractivity contribution in [3.63, 3.8) is 0 Å². The average molecular weight is 287 g/mol.